The average Bonchev–Trinajstić information content (AvgIpc) is 2.70. The molecule has 2 aromatic rings. The topological polar surface area (TPSA) is 46.3 Å². The van der Waals surface area contributed by atoms with Crippen molar-refractivity contribution in [1.82, 2.24) is 4.98 Å². The van der Waals surface area contributed by atoms with Crippen LogP contribution in [0.15, 0.2) is 28.9 Å². The number of rotatable bonds is 2. The summed E-state index contributed by atoms with van der Waals surface area (Å²) in [4.78, 5) is 4.17. The number of benzene rings is 1. The van der Waals surface area contributed by atoms with Crippen molar-refractivity contribution in [2.75, 3.05) is 0 Å². The minimum absolute atomic E-state index is 0.381. The molecule has 0 aliphatic heterocycles. The summed E-state index contributed by atoms with van der Waals surface area (Å²) >= 11 is 0. The van der Waals surface area contributed by atoms with E-state index in [1.54, 1.807) is 6.07 Å². The van der Waals surface area contributed by atoms with Gasteiger partial charge >= 0.3 is 0 Å². The first-order valence-electron chi connectivity index (χ1n) is 4.64. The van der Waals surface area contributed by atoms with Crippen molar-refractivity contribution in [2.24, 2.45) is 0 Å². The van der Waals surface area contributed by atoms with Crippen LogP contribution in [0.5, 0.6) is 5.75 Å². The van der Waals surface area contributed by atoms with Crippen LogP contribution in [0.4, 0.5) is 4.39 Å². The third-order valence-electron chi connectivity index (χ3n) is 2.10. The van der Waals surface area contributed by atoms with Crippen LogP contribution in [0.3, 0.4) is 0 Å². The Labute approximate surface area is 86.2 Å². The van der Waals surface area contributed by atoms with Gasteiger partial charge in [0, 0.05) is 12.0 Å². The van der Waals surface area contributed by atoms with E-state index in [9.17, 15) is 9.50 Å². The van der Waals surface area contributed by atoms with Gasteiger partial charge in [-0.2, -0.15) is 0 Å². The Bertz CT molecular complexity index is 479. The maximum Gasteiger partial charge on any atom is 0.194 e. The summed E-state index contributed by atoms with van der Waals surface area (Å²) in [6.07, 6.45) is 2.19. The number of aromatic nitrogens is 1. The highest BCUT2D eigenvalue weighted by Crippen LogP contribution is 2.24. The molecule has 2 rings (SSSR count). The second-order valence-corrected chi connectivity index (χ2v) is 3.15. The zero-order valence-electron chi connectivity index (χ0n) is 8.20. The summed E-state index contributed by atoms with van der Waals surface area (Å²) in [5, 5.41) is 9.19. The molecule has 78 valence electrons. The molecular weight excluding hydrogens is 197 g/mol. The van der Waals surface area contributed by atoms with E-state index < -0.39 is 5.82 Å². The fourth-order valence-electron chi connectivity index (χ4n) is 1.28. The lowest BCUT2D eigenvalue weighted by Crippen LogP contribution is -1.82. The molecule has 0 aliphatic carbocycles. The molecule has 0 amide bonds. The van der Waals surface area contributed by atoms with E-state index in [0.717, 1.165) is 0 Å². The average molecular weight is 207 g/mol. The molecule has 4 heteroatoms. The Morgan fingerprint density at radius 3 is 2.87 bits per heavy atom. The molecule has 1 N–H and O–H groups in total. The number of nitrogens with zero attached hydrogens (tertiary/aromatic N) is 1. The molecule has 0 radical (unpaired) electrons. The van der Waals surface area contributed by atoms with E-state index in [2.05, 4.69) is 4.98 Å². The number of aryl methyl sites for hydroxylation is 1. The standard InChI is InChI=1S/C11H10FNO2/c1-2-11-13-9(6-15-11)7-3-4-8(12)10(14)5-7/h3-6,14H,2H2,1H3. The number of phenols is 1. The lowest BCUT2D eigenvalue weighted by molar-refractivity contribution is 0.432. The maximum atomic E-state index is 12.8. The predicted octanol–water partition coefficient (Wildman–Crippen LogP) is 2.75. The normalized spacial score (nSPS) is 10.5. The van der Waals surface area contributed by atoms with Gasteiger partial charge in [0.05, 0.1) is 0 Å². The summed E-state index contributed by atoms with van der Waals surface area (Å²) in [7, 11) is 0. The monoisotopic (exact) mass is 207 g/mol. The van der Waals surface area contributed by atoms with Crippen LogP contribution in [0.1, 0.15) is 12.8 Å². The van der Waals surface area contributed by atoms with Crippen LogP contribution in [-0.2, 0) is 6.42 Å². The molecule has 0 fully saturated rings. The van der Waals surface area contributed by atoms with Gasteiger partial charge in [0.25, 0.3) is 0 Å². The van der Waals surface area contributed by atoms with E-state index >= 15 is 0 Å². The highest BCUT2D eigenvalue weighted by atomic mass is 19.1. The Balaban J connectivity index is 2.40. The smallest absolute Gasteiger partial charge is 0.194 e. The van der Waals surface area contributed by atoms with E-state index in [4.69, 9.17) is 4.42 Å². The maximum absolute atomic E-state index is 12.8. The molecule has 0 saturated heterocycles. The number of hydrogen-bond donors (Lipinski definition) is 1. The third-order valence-corrected chi connectivity index (χ3v) is 2.10. The van der Waals surface area contributed by atoms with Crippen LogP contribution < -0.4 is 0 Å². The largest absolute Gasteiger partial charge is 0.505 e. The predicted molar refractivity (Wildman–Crippen MR) is 52.9 cm³/mol. The first kappa shape index (κ1) is 9.71. The molecule has 0 spiro atoms. The third kappa shape index (κ3) is 1.83. The second kappa shape index (κ2) is 3.73. The van der Waals surface area contributed by atoms with Gasteiger partial charge in [-0.25, -0.2) is 9.37 Å². The number of phenolic OH excluding ortho intramolecular Hbond substituents is 1. The van der Waals surface area contributed by atoms with E-state index in [1.807, 2.05) is 6.92 Å². The van der Waals surface area contributed by atoms with Crippen molar-refractivity contribution >= 4 is 0 Å². The van der Waals surface area contributed by atoms with Gasteiger partial charge in [-0.1, -0.05) is 6.92 Å². The summed E-state index contributed by atoms with van der Waals surface area (Å²) < 4.78 is 17.9. The van der Waals surface area contributed by atoms with Crippen molar-refractivity contribution in [1.29, 1.82) is 0 Å². The Hall–Kier alpha value is -1.84. The van der Waals surface area contributed by atoms with Crippen molar-refractivity contribution in [3.8, 4) is 17.0 Å². The number of aromatic hydroxyl groups is 1. The van der Waals surface area contributed by atoms with Gasteiger partial charge < -0.3 is 9.52 Å². The summed E-state index contributed by atoms with van der Waals surface area (Å²) in [6, 6.07) is 4.07. The molecule has 15 heavy (non-hydrogen) atoms. The molecular formula is C11H10FNO2. The quantitative estimate of drug-likeness (QED) is 0.823. The highest BCUT2D eigenvalue weighted by Gasteiger charge is 2.07. The van der Waals surface area contributed by atoms with Crippen LogP contribution in [0, 0.1) is 5.82 Å². The first-order chi connectivity index (χ1) is 7.20. The van der Waals surface area contributed by atoms with Crippen LogP contribution >= 0.6 is 0 Å². The Kier molecular flexibility index (Phi) is 2.41. The number of oxazole rings is 1. The summed E-state index contributed by atoms with van der Waals surface area (Å²) in [5.41, 5.74) is 1.24. The zero-order chi connectivity index (χ0) is 10.8. The minimum atomic E-state index is -0.641. The lowest BCUT2D eigenvalue weighted by atomic mass is 10.1. The molecule has 1 heterocycles. The van der Waals surface area contributed by atoms with E-state index in [-0.39, 0.29) is 5.75 Å². The van der Waals surface area contributed by atoms with E-state index in [1.165, 1.54) is 18.4 Å². The summed E-state index contributed by atoms with van der Waals surface area (Å²) in [6.45, 7) is 1.93. The first-order valence-corrected chi connectivity index (χ1v) is 4.64. The molecule has 3 nitrogen and oxygen atoms in total. The van der Waals surface area contributed by atoms with Crippen LogP contribution in [0.25, 0.3) is 11.3 Å². The van der Waals surface area contributed by atoms with Crippen LogP contribution in [0.2, 0.25) is 0 Å². The van der Waals surface area contributed by atoms with E-state index in [0.29, 0.717) is 23.6 Å². The minimum Gasteiger partial charge on any atom is -0.505 e. The Morgan fingerprint density at radius 2 is 2.27 bits per heavy atom. The van der Waals surface area contributed by atoms with Gasteiger partial charge in [0.15, 0.2) is 17.5 Å². The molecule has 0 saturated carbocycles. The molecule has 0 unspecified atom stereocenters. The molecule has 0 bridgehead atoms. The fourth-order valence-corrected chi connectivity index (χ4v) is 1.28. The number of halogens is 1. The summed E-state index contributed by atoms with van der Waals surface area (Å²) in [5.74, 6) is -0.402. The van der Waals surface area contributed by atoms with Gasteiger partial charge in [0.2, 0.25) is 0 Å². The second-order valence-electron chi connectivity index (χ2n) is 3.15. The molecule has 1 aromatic carbocycles. The van der Waals surface area contributed by atoms with Crippen LogP contribution in [-0.4, -0.2) is 10.1 Å². The van der Waals surface area contributed by atoms with Crippen molar-refractivity contribution in [3.63, 3.8) is 0 Å². The van der Waals surface area contributed by atoms with Gasteiger partial charge in [-0.05, 0) is 18.2 Å². The molecule has 0 aliphatic rings. The van der Waals surface area contributed by atoms with Gasteiger partial charge in [-0.15, -0.1) is 0 Å². The SMILES string of the molecule is CCc1nc(-c2ccc(F)c(O)c2)co1. The fraction of sp³-hybridized carbons (Fsp3) is 0.182. The number of hydrogen-bond acceptors (Lipinski definition) is 3. The van der Waals surface area contributed by atoms with Gasteiger partial charge in [0.1, 0.15) is 12.0 Å². The Morgan fingerprint density at radius 1 is 1.47 bits per heavy atom. The molecule has 1 aromatic heterocycles. The highest BCUT2D eigenvalue weighted by molar-refractivity contribution is 5.60. The lowest BCUT2D eigenvalue weighted by Gasteiger charge is -1.97. The zero-order valence-corrected chi connectivity index (χ0v) is 8.20. The van der Waals surface area contributed by atoms with Crippen molar-refractivity contribution in [2.45, 2.75) is 13.3 Å². The molecule has 0 atom stereocenters. The van der Waals surface area contributed by atoms with Gasteiger partial charge in [-0.3, -0.25) is 0 Å². The van der Waals surface area contributed by atoms with Crippen molar-refractivity contribution < 1.29 is 13.9 Å². The van der Waals surface area contributed by atoms with Crippen molar-refractivity contribution in [3.05, 3.63) is 36.2 Å².